The van der Waals surface area contributed by atoms with Crippen molar-refractivity contribution in [3.8, 4) is 0 Å². The van der Waals surface area contributed by atoms with Crippen LogP contribution in [0.1, 0.15) is 6.42 Å². The molecular weight excluding hydrogens is 470 g/mol. The Balaban J connectivity index is 1.16. The Labute approximate surface area is 184 Å². The molecular formula is C21H24BrN3O4S. The number of fused-ring (bicyclic) bond motifs is 5. The van der Waals surface area contributed by atoms with Gasteiger partial charge in [-0.15, -0.1) is 0 Å². The quantitative estimate of drug-likeness (QED) is 0.459. The zero-order valence-corrected chi connectivity index (χ0v) is 18.9. The Bertz CT molecular complexity index is 972. The molecule has 3 fully saturated rings. The summed E-state index contributed by atoms with van der Waals surface area (Å²) in [7, 11) is -3.51. The number of sulfonamides is 1. The van der Waals surface area contributed by atoms with Crippen LogP contribution in [0.2, 0.25) is 0 Å². The lowest BCUT2D eigenvalue weighted by Crippen LogP contribution is -2.50. The van der Waals surface area contributed by atoms with Crippen molar-refractivity contribution in [2.75, 3.05) is 39.3 Å². The summed E-state index contributed by atoms with van der Waals surface area (Å²) in [4.78, 5) is 29.5. The van der Waals surface area contributed by atoms with Gasteiger partial charge >= 0.3 is 0 Å². The molecule has 0 aromatic heterocycles. The number of rotatable bonds is 5. The van der Waals surface area contributed by atoms with Crippen LogP contribution in [0.4, 0.5) is 0 Å². The Morgan fingerprint density at radius 2 is 1.43 bits per heavy atom. The van der Waals surface area contributed by atoms with Gasteiger partial charge in [0.25, 0.3) is 0 Å². The predicted molar refractivity (Wildman–Crippen MR) is 114 cm³/mol. The summed E-state index contributed by atoms with van der Waals surface area (Å²) < 4.78 is 28.0. The second-order valence-electron chi connectivity index (χ2n) is 8.53. The van der Waals surface area contributed by atoms with Crippen molar-refractivity contribution in [2.45, 2.75) is 11.3 Å². The SMILES string of the molecule is O=C1[C@@H]2[C@H](C(=O)N1CCN1CCN(S(=O)(=O)c3ccc(Br)cc3)CC1)[C@H]1C=C[C@H]2C1. The van der Waals surface area contributed by atoms with Crippen molar-refractivity contribution >= 4 is 37.8 Å². The molecule has 0 N–H and O–H groups in total. The molecule has 0 radical (unpaired) electrons. The summed E-state index contributed by atoms with van der Waals surface area (Å²) in [5, 5.41) is 0. The van der Waals surface area contributed by atoms with Gasteiger partial charge in [0.05, 0.1) is 16.7 Å². The fraction of sp³-hybridized carbons (Fsp3) is 0.524. The van der Waals surface area contributed by atoms with E-state index in [1.165, 1.54) is 9.21 Å². The maximum atomic E-state index is 12.8. The molecule has 7 nitrogen and oxygen atoms in total. The van der Waals surface area contributed by atoms with Gasteiger partial charge in [-0.1, -0.05) is 28.1 Å². The lowest BCUT2D eigenvalue weighted by atomic mass is 9.85. The van der Waals surface area contributed by atoms with Crippen molar-refractivity contribution in [3.63, 3.8) is 0 Å². The number of hydrogen-bond acceptors (Lipinski definition) is 5. The first-order chi connectivity index (χ1) is 14.4. The van der Waals surface area contributed by atoms with Gasteiger partial charge in [-0.2, -0.15) is 4.31 Å². The number of piperazine rings is 1. The smallest absolute Gasteiger partial charge is 0.243 e. The van der Waals surface area contributed by atoms with Gasteiger partial charge in [-0.25, -0.2) is 8.42 Å². The number of hydrogen-bond donors (Lipinski definition) is 0. The average molecular weight is 494 g/mol. The van der Waals surface area contributed by atoms with Crippen LogP contribution >= 0.6 is 15.9 Å². The number of likely N-dealkylation sites (tertiary alicyclic amines) is 1. The van der Waals surface area contributed by atoms with Gasteiger partial charge in [0.1, 0.15) is 0 Å². The summed E-state index contributed by atoms with van der Waals surface area (Å²) in [5.74, 6) is 0.125. The molecule has 30 heavy (non-hydrogen) atoms. The van der Waals surface area contributed by atoms with E-state index < -0.39 is 10.0 Å². The Kier molecular flexibility index (Phi) is 5.12. The Hall–Kier alpha value is -1.55. The van der Waals surface area contributed by atoms with Crippen LogP contribution in [0.3, 0.4) is 0 Å². The number of carbonyl (C=O) groups excluding carboxylic acids is 2. The standard InChI is InChI=1S/C21H24BrN3O4S/c22-16-3-5-17(6-4-16)30(28,29)24-10-7-23(8-11-24)9-12-25-20(26)18-14-1-2-15(13-14)19(18)21(25)27/h1-6,14-15,18-19H,7-13H2/t14-,15-,18-,19+/m0/s1. The molecule has 1 saturated carbocycles. The first-order valence-electron chi connectivity index (χ1n) is 10.4. The molecule has 2 aliphatic carbocycles. The van der Waals surface area contributed by atoms with E-state index in [1.54, 1.807) is 24.3 Å². The first kappa shape index (κ1) is 20.4. The third-order valence-electron chi connectivity index (χ3n) is 6.98. The highest BCUT2D eigenvalue weighted by molar-refractivity contribution is 9.10. The summed E-state index contributed by atoms with van der Waals surface area (Å²) in [5.41, 5.74) is 0. The topological polar surface area (TPSA) is 78.0 Å². The minimum atomic E-state index is -3.51. The van der Waals surface area contributed by atoms with E-state index in [0.29, 0.717) is 44.2 Å². The summed E-state index contributed by atoms with van der Waals surface area (Å²) in [6.07, 6.45) is 5.15. The summed E-state index contributed by atoms with van der Waals surface area (Å²) in [6, 6.07) is 6.67. The number of benzene rings is 1. The van der Waals surface area contributed by atoms with Gasteiger partial charge < -0.3 is 0 Å². The molecule has 9 heteroatoms. The lowest BCUT2D eigenvalue weighted by molar-refractivity contribution is -0.140. The predicted octanol–water partition coefficient (Wildman–Crippen LogP) is 1.56. The minimum absolute atomic E-state index is 0.0155. The van der Waals surface area contributed by atoms with Crippen molar-refractivity contribution in [1.29, 1.82) is 0 Å². The van der Waals surface area contributed by atoms with Gasteiger partial charge in [0, 0.05) is 43.7 Å². The van der Waals surface area contributed by atoms with Crippen molar-refractivity contribution in [3.05, 3.63) is 40.9 Å². The molecule has 2 aliphatic heterocycles. The molecule has 0 spiro atoms. The van der Waals surface area contributed by atoms with Crippen molar-refractivity contribution in [2.24, 2.45) is 23.7 Å². The van der Waals surface area contributed by atoms with E-state index in [4.69, 9.17) is 0 Å². The molecule has 2 bridgehead atoms. The summed E-state index contributed by atoms with van der Waals surface area (Å²) in [6.45, 7) is 2.96. The van der Waals surface area contributed by atoms with Crippen LogP contribution in [0.25, 0.3) is 0 Å². The number of nitrogens with zero attached hydrogens (tertiary/aromatic N) is 3. The first-order valence-corrected chi connectivity index (χ1v) is 12.6. The maximum Gasteiger partial charge on any atom is 0.243 e. The maximum absolute atomic E-state index is 12.8. The highest BCUT2D eigenvalue weighted by atomic mass is 79.9. The monoisotopic (exact) mass is 493 g/mol. The van der Waals surface area contributed by atoms with Crippen molar-refractivity contribution < 1.29 is 18.0 Å². The van der Waals surface area contributed by atoms with E-state index in [0.717, 1.165) is 10.9 Å². The van der Waals surface area contributed by atoms with Crippen LogP contribution in [-0.2, 0) is 19.6 Å². The van der Waals surface area contributed by atoms with Crippen LogP contribution in [0.5, 0.6) is 0 Å². The van der Waals surface area contributed by atoms with E-state index in [-0.39, 0.29) is 35.5 Å². The highest BCUT2D eigenvalue weighted by Crippen LogP contribution is 2.52. The molecule has 4 aliphatic rings. The molecule has 4 atom stereocenters. The third kappa shape index (κ3) is 3.26. The molecule has 2 saturated heterocycles. The van der Waals surface area contributed by atoms with Crippen LogP contribution in [-0.4, -0.2) is 73.6 Å². The molecule has 160 valence electrons. The largest absolute Gasteiger partial charge is 0.299 e. The van der Waals surface area contributed by atoms with Crippen LogP contribution < -0.4 is 0 Å². The molecule has 2 heterocycles. The number of halogens is 1. The highest BCUT2D eigenvalue weighted by Gasteiger charge is 2.59. The normalized spacial score (nSPS) is 31.7. The summed E-state index contributed by atoms with van der Waals surface area (Å²) >= 11 is 3.32. The Morgan fingerprint density at radius 1 is 0.867 bits per heavy atom. The fourth-order valence-electron chi connectivity index (χ4n) is 5.38. The lowest BCUT2D eigenvalue weighted by Gasteiger charge is -2.34. The van der Waals surface area contributed by atoms with E-state index in [9.17, 15) is 18.0 Å². The fourth-order valence-corrected chi connectivity index (χ4v) is 7.06. The molecule has 1 aromatic rings. The van der Waals surface area contributed by atoms with Gasteiger partial charge in [-0.3, -0.25) is 19.4 Å². The number of allylic oxidation sites excluding steroid dienone is 2. The minimum Gasteiger partial charge on any atom is -0.299 e. The molecule has 2 amide bonds. The Morgan fingerprint density at radius 3 is 2.00 bits per heavy atom. The van der Waals surface area contributed by atoms with Gasteiger partial charge in [-0.05, 0) is 42.5 Å². The van der Waals surface area contributed by atoms with E-state index in [1.807, 2.05) is 0 Å². The van der Waals surface area contributed by atoms with Crippen LogP contribution in [0.15, 0.2) is 45.8 Å². The van der Waals surface area contributed by atoms with E-state index >= 15 is 0 Å². The van der Waals surface area contributed by atoms with Crippen molar-refractivity contribution in [1.82, 2.24) is 14.1 Å². The third-order valence-corrected chi connectivity index (χ3v) is 9.43. The zero-order chi connectivity index (χ0) is 21.0. The zero-order valence-electron chi connectivity index (χ0n) is 16.5. The number of amides is 2. The van der Waals surface area contributed by atoms with Gasteiger partial charge in [0.2, 0.25) is 21.8 Å². The average Bonchev–Trinajstić information content (AvgIpc) is 3.42. The van der Waals surface area contributed by atoms with E-state index in [2.05, 4.69) is 33.0 Å². The number of carbonyl (C=O) groups is 2. The van der Waals surface area contributed by atoms with Gasteiger partial charge in [0.15, 0.2) is 0 Å². The second-order valence-corrected chi connectivity index (χ2v) is 11.4. The molecule has 5 rings (SSSR count). The second kappa shape index (κ2) is 7.55. The number of imide groups is 1. The molecule has 1 aromatic carbocycles. The van der Waals surface area contributed by atoms with Crippen LogP contribution in [0, 0.1) is 23.7 Å². The molecule has 0 unspecified atom stereocenters.